The van der Waals surface area contributed by atoms with Gasteiger partial charge < -0.3 is 5.21 Å². The SMILES string of the molecule is CC1(C)N(O)C(c2cccc([N+](=O)[O-])c2)=[N+]([O-])C1(C)C. The van der Waals surface area contributed by atoms with Crippen molar-refractivity contribution in [3.63, 3.8) is 0 Å². The maximum atomic E-state index is 12.4. The molecule has 7 heteroatoms. The van der Waals surface area contributed by atoms with Gasteiger partial charge in [0, 0.05) is 12.1 Å². The van der Waals surface area contributed by atoms with Crippen molar-refractivity contribution in [2.45, 2.75) is 38.8 Å². The molecule has 0 radical (unpaired) electrons. The van der Waals surface area contributed by atoms with Crippen LogP contribution in [-0.4, -0.2) is 36.8 Å². The summed E-state index contributed by atoms with van der Waals surface area (Å²) in [6.07, 6.45) is 0. The quantitative estimate of drug-likeness (QED) is 0.387. The molecule has 7 nitrogen and oxygen atoms in total. The number of non-ortho nitro benzene ring substituents is 1. The lowest BCUT2D eigenvalue weighted by atomic mass is 9.84. The minimum absolute atomic E-state index is 0.0173. The second-order valence-corrected chi connectivity index (χ2v) is 5.86. The normalized spacial score (nSPS) is 20.4. The summed E-state index contributed by atoms with van der Waals surface area (Å²) in [7, 11) is 0. The minimum atomic E-state index is -0.873. The van der Waals surface area contributed by atoms with Gasteiger partial charge >= 0.3 is 5.84 Å². The van der Waals surface area contributed by atoms with E-state index in [4.69, 9.17) is 0 Å². The molecule has 20 heavy (non-hydrogen) atoms. The van der Waals surface area contributed by atoms with Crippen molar-refractivity contribution in [2.75, 3.05) is 0 Å². The summed E-state index contributed by atoms with van der Waals surface area (Å²) in [5.74, 6) is 0.0173. The van der Waals surface area contributed by atoms with E-state index in [1.807, 2.05) is 0 Å². The van der Waals surface area contributed by atoms with E-state index < -0.39 is 16.0 Å². The highest BCUT2D eigenvalue weighted by molar-refractivity contribution is 5.96. The first-order valence-electron chi connectivity index (χ1n) is 6.19. The van der Waals surface area contributed by atoms with Crippen LogP contribution in [0.5, 0.6) is 0 Å². The van der Waals surface area contributed by atoms with Gasteiger partial charge in [0.1, 0.15) is 5.54 Å². The Morgan fingerprint density at radius 1 is 1.30 bits per heavy atom. The zero-order chi connectivity index (χ0) is 15.3. The van der Waals surface area contributed by atoms with Crippen molar-refractivity contribution < 1.29 is 14.9 Å². The maximum absolute atomic E-state index is 12.4. The Hall–Kier alpha value is -2.15. The molecule has 1 aromatic rings. The molecule has 0 amide bonds. The molecule has 2 rings (SSSR count). The highest BCUT2D eigenvalue weighted by atomic mass is 16.6. The lowest BCUT2D eigenvalue weighted by Crippen LogP contribution is -2.53. The van der Waals surface area contributed by atoms with Gasteiger partial charge in [-0.3, -0.25) is 14.9 Å². The summed E-state index contributed by atoms with van der Waals surface area (Å²) < 4.78 is 0.700. The number of rotatable bonds is 2. The molecular weight excluding hydrogens is 262 g/mol. The van der Waals surface area contributed by atoms with E-state index in [0.717, 1.165) is 5.06 Å². The fourth-order valence-electron chi connectivity index (χ4n) is 2.12. The maximum Gasteiger partial charge on any atom is 0.314 e. The monoisotopic (exact) mass is 279 g/mol. The van der Waals surface area contributed by atoms with Crippen molar-refractivity contribution in [1.29, 1.82) is 0 Å². The summed E-state index contributed by atoms with van der Waals surface area (Å²) in [5, 5.41) is 34.4. The van der Waals surface area contributed by atoms with E-state index in [2.05, 4.69) is 0 Å². The van der Waals surface area contributed by atoms with Gasteiger partial charge in [-0.25, -0.2) is 5.21 Å². The average Bonchev–Trinajstić information content (AvgIpc) is 2.49. The first-order valence-corrected chi connectivity index (χ1v) is 6.19. The molecule has 0 saturated carbocycles. The average molecular weight is 279 g/mol. The fraction of sp³-hybridized carbons (Fsp3) is 0.462. The Labute approximate surface area is 116 Å². The van der Waals surface area contributed by atoms with Crippen LogP contribution in [0.1, 0.15) is 33.3 Å². The minimum Gasteiger partial charge on any atom is -0.714 e. The van der Waals surface area contributed by atoms with Gasteiger partial charge in [-0.15, -0.1) is 5.06 Å². The van der Waals surface area contributed by atoms with E-state index in [1.54, 1.807) is 33.8 Å². The number of amidine groups is 1. The van der Waals surface area contributed by atoms with E-state index in [1.165, 1.54) is 18.2 Å². The first-order chi connectivity index (χ1) is 9.10. The molecule has 1 aliphatic rings. The third-order valence-corrected chi connectivity index (χ3v) is 4.24. The van der Waals surface area contributed by atoms with Gasteiger partial charge in [0.25, 0.3) is 5.69 Å². The summed E-state index contributed by atoms with van der Waals surface area (Å²) in [6, 6.07) is 5.67. The lowest BCUT2D eigenvalue weighted by molar-refractivity contribution is -0.539. The van der Waals surface area contributed by atoms with Crippen LogP contribution in [0.3, 0.4) is 0 Å². The molecule has 0 aliphatic carbocycles. The van der Waals surface area contributed by atoms with Gasteiger partial charge in [0.05, 0.1) is 10.5 Å². The Bertz CT molecular complexity index is 607. The van der Waals surface area contributed by atoms with E-state index in [-0.39, 0.29) is 11.5 Å². The summed E-state index contributed by atoms with van der Waals surface area (Å²) in [5.41, 5.74) is -1.51. The van der Waals surface area contributed by atoms with Crippen molar-refractivity contribution in [3.05, 3.63) is 45.2 Å². The standard InChI is InChI=1S/C13H17N3O4/c1-12(2)13(3,4)15(18)11(14(12)17)9-6-5-7-10(8-9)16(19)20/h5-8,17H,1-4H3. The Balaban J connectivity index is 2.61. The molecule has 0 spiro atoms. The summed E-state index contributed by atoms with van der Waals surface area (Å²) in [6.45, 7) is 6.91. The zero-order valence-electron chi connectivity index (χ0n) is 11.8. The van der Waals surface area contributed by atoms with Crippen LogP contribution >= 0.6 is 0 Å². The molecule has 0 saturated heterocycles. The third-order valence-electron chi connectivity index (χ3n) is 4.24. The van der Waals surface area contributed by atoms with Gasteiger partial charge in [-0.2, -0.15) is 0 Å². The summed E-state index contributed by atoms with van der Waals surface area (Å²) >= 11 is 0. The van der Waals surface area contributed by atoms with Crippen LogP contribution in [0.15, 0.2) is 24.3 Å². The van der Waals surface area contributed by atoms with Crippen molar-refractivity contribution in [2.24, 2.45) is 0 Å². The largest absolute Gasteiger partial charge is 0.714 e. The van der Waals surface area contributed by atoms with E-state index in [9.17, 15) is 20.5 Å². The van der Waals surface area contributed by atoms with E-state index >= 15 is 0 Å². The van der Waals surface area contributed by atoms with Gasteiger partial charge in [0.2, 0.25) is 0 Å². The molecule has 0 fully saturated rings. The zero-order valence-corrected chi connectivity index (χ0v) is 11.8. The number of nitro groups is 1. The molecule has 1 aliphatic heterocycles. The Morgan fingerprint density at radius 3 is 2.35 bits per heavy atom. The topological polar surface area (TPSA) is 92.7 Å². The highest BCUT2D eigenvalue weighted by Gasteiger charge is 2.58. The van der Waals surface area contributed by atoms with Crippen LogP contribution in [0.4, 0.5) is 5.69 Å². The number of nitrogens with zero attached hydrogens (tertiary/aromatic N) is 3. The molecule has 0 bridgehead atoms. The molecule has 0 atom stereocenters. The van der Waals surface area contributed by atoms with Gasteiger partial charge in [0.15, 0.2) is 5.54 Å². The van der Waals surface area contributed by atoms with Crippen LogP contribution in [0.25, 0.3) is 0 Å². The Kier molecular flexibility index (Phi) is 2.98. The van der Waals surface area contributed by atoms with Crippen LogP contribution in [0.2, 0.25) is 0 Å². The predicted octanol–water partition coefficient (Wildman–Crippen LogP) is 2.11. The smallest absolute Gasteiger partial charge is 0.314 e. The molecule has 108 valence electrons. The fourth-order valence-corrected chi connectivity index (χ4v) is 2.12. The summed E-state index contributed by atoms with van der Waals surface area (Å²) in [4.78, 5) is 10.3. The van der Waals surface area contributed by atoms with Gasteiger partial charge in [-0.05, 0) is 33.8 Å². The predicted molar refractivity (Wildman–Crippen MR) is 72.6 cm³/mol. The first kappa shape index (κ1) is 14.3. The molecular formula is C13H17N3O4. The van der Waals surface area contributed by atoms with Crippen molar-refractivity contribution >= 4 is 11.5 Å². The van der Waals surface area contributed by atoms with Crippen LogP contribution in [-0.2, 0) is 0 Å². The number of hydrogen-bond donors (Lipinski definition) is 1. The molecule has 1 aromatic carbocycles. The molecule has 0 unspecified atom stereocenters. The number of nitro benzene ring substituents is 1. The second kappa shape index (κ2) is 4.17. The number of hydroxylamine groups is 3. The number of hydrogen-bond acceptors (Lipinski definition) is 5. The van der Waals surface area contributed by atoms with Crippen molar-refractivity contribution in [3.8, 4) is 0 Å². The van der Waals surface area contributed by atoms with E-state index in [0.29, 0.717) is 10.3 Å². The lowest BCUT2D eigenvalue weighted by Gasteiger charge is -2.33. The van der Waals surface area contributed by atoms with Crippen LogP contribution < -0.4 is 0 Å². The van der Waals surface area contributed by atoms with Crippen molar-refractivity contribution in [1.82, 2.24) is 5.06 Å². The molecule has 1 heterocycles. The van der Waals surface area contributed by atoms with Crippen LogP contribution in [0, 0.1) is 15.3 Å². The number of benzene rings is 1. The molecule has 1 N–H and O–H groups in total. The highest BCUT2D eigenvalue weighted by Crippen LogP contribution is 2.37. The van der Waals surface area contributed by atoms with Gasteiger partial charge in [-0.1, -0.05) is 6.07 Å². The third kappa shape index (κ3) is 1.74. The molecule has 0 aromatic heterocycles. The Morgan fingerprint density at radius 2 is 1.90 bits per heavy atom. The second-order valence-electron chi connectivity index (χ2n) is 5.86.